The van der Waals surface area contributed by atoms with E-state index in [9.17, 15) is 18.0 Å². The van der Waals surface area contributed by atoms with Crippen molar-refractivity contribution in [3.63, 3.8) is 0 Å². The van der Waals surface area contributed by atoms with Gasteiger partial charge in [-0.1, -0.05) is 5.92 Å². The van der Waals surface area contributed by atoms with Crippen molar-refractivity contribution >= 4 is 21.8 Å². The van der Waals surface area contributed by atoms with Crippen molar-refractivity contribution in [2.24, 2.45) is 5.92 Å². The van der Waals surface area contributed by atoms with Gasteiger partial charge >= 0.3 is 12.0 Å². The van der Waals surface area contributed by atoms with Gasteiger partial charge in [-0.2, -0.15) is 0 Å². The molecule has 0 spiro atoms. The average Bonchev–Trinajstić information content (AvgIpc) is 3.16. The molecule has 0 aromatic rings. The number of hydrogen-bond donors (Lipinski definition) is 2. The van der Waals surface area contributed by atoms with Crippen LogP contribution in [0.3, 0.4) is 0 Å². The summed E-state index contributed by atoms with van der Waals surface area (Å²) in [4.78, 5) is 24.5. The number of hydrogen-bond acceptors (Lipinski definition) is 4. The molecule has 8 heteroatoms. The molecule has 1 saturated carbocycles. The van der Waals surface area contributed by atoms with Gasteiger partial charge in [0, 0.05) is 12.8 Å². The largest absolute Gasteiger partial charge is 0.480 e. The second-order valence-electron chi connectivity index (χ2n) is 5.29. The molecule has 1 unspecified atom stereocenters. The Bertz CT molecular complexity index is 533. The lowest BCUT2D eigenvalue weighted by molar-refractivity contribution is -0.139. The normalized spacial score (nSPS) is 15.8. The smallest absolute Gasteiger partial charge is 0.326 e. The number of carbonyl (C=O) groups is 2. The molecule has 1 aliphatic rings. The van der Waals surface area contributed by atoms with E-state index in [0.29, 0.717) is 12.5 Å². The molecule has 0 heterocycles. The van der Waals surface area contributed by atoms with Crippen LogP contribution in [0.25, 0.3) is 0 Å². The van der Waals surface area contributed by atoms with Gasteiger partial charge in [-0.3, -0.25) is 0 Å². The van der Waals surface area contributed by atoms with Gasteiger partial charge in [0.05, 0.1) is 12.3 Å². The van der Waals surface area contributed by atoms with Crippen molar-refractivity contribution in [3.8, 4) is 12.3 Å². The zero-order valence-corrected chi connectivity index (χ0v) is 12.7. The molecule has 2 N–H and O–H groups in total. The van der Waals surface area contributed by atoms with Gasteiger partial charge in [0.25, 0.3) is 0 Å². The zero-order chi connectivity index (χ0) is 16.0. The van der Waals surface area contributed by atoms with Gasteiger partial charge in [-0.15, -0.1) is 6.42 Å². The third-order valence-electron chi connectivity index (χ3n) is 3.12. The minimum atomic E-state index is -3.29. The number of sulfone groups is 1. The van der Waals surface area contributed by atoms with Gasteiger partial charge in [-0.25, -0.2) is 18.0 Å². The summed E-state index contributed by atoms with van der Waals surface area (Å²) in [5, 5.41) is 11.4. The Kier molecular flexibility index (Phi) is 6.03. The fraction of sp³-hybridized carbons (Fsp3) is 0.692. The van der Waals surface area contributed by atoms with E-state index in [2.05, 4.69) is 11.2 Å². The number of terminal acetylenes is 1. The van der Waals surface area contributed by atoms with Crippen LogP contribution in [0.1, 0.15) is 19.3 Å². The molecule has 2 amide bonds. The van der Waals surface area contributed by atoms with Crippen LogP contribution < -0.4 is 5.32 Å². The predicted molar refractivity (Wildman–Crippen MR) is 77.4 cm³/mol. The molecule has 0 bridgehead atoms. The van der Waals surface area contributed by atoms with E-state index in [1.54, 1.807) is 0 Å². The third-order valence-corrected chi connectivity index (χ3v) is 4.10. The highest BCUT2D eigenvalue weighted by molar-refractivity contribution is 7.90. The molecular weight excluding hydrogens is 296 g/mol. The van der Waals surface area contributed by atoms with Crippen LogP contribution in [0.4, 0.5) is 4.79 Å². The van der Waals surface area contributed by atoms with Gasteiger partial charge < -0.3 is 15.3 Å². The number of nitrogens with one attached hydrogen (secondary N) is 1. The summed E-state index contributed by atoms with van der Waals surface area (Å²) in [5.41, 5.74) is 0. The van der Waals surface area contributed by atoms with Crippen molar-refractivity contribution < 1.29 is 23.1 Å². The Morgan fingerprint density at radius 2 is 2.10 bits per heavy atom. The molecule has 1 fully saturated rings. The summed E-state index contributed by atoms with van der Waals surface area (Å²) in [6, 6.07) is -1.81. The zero-order valence-electron chi connectivity index (χ0n) is 11.9. The van der Waals surface area contributed by atoms with Crippen molar-refractivity contribution in [2.75, 3.05) is 25.1 Å². The molecule has 1 rings (SSSR count). The number of rotatable bonds is 8. The molecular formula is C13H20N2O5S. The van der Waals surface area contributed by atoms with Crippen molar-refractivity contribution in [1.29, 1.82) is 0 Å². The maximum Gasteiger partial charge on any atom is 0.326 e. The molecule has 21 heavy (non-hydrogen) atoms. The summed E-state index contributed by atoms with van der Waals surface area (Å²) in [7, 11) is -3.29. The summed E-state index contributed by atoms with van der Waals surface area (Å²) in [6.07, 6.45) is 8.11. The van der Waals surface area contributed by atoms with Crippen LogP contribution in [0.2, 0.25) is 0 Å². The topological polar surface area (TPSA) is 104 Å². The Morgan fingerprint density at radius 3 is 2.52 bits per heavy atom. The minimum absolute atomic E-state index is 0.0980. The molecule has 118 valence electrons. The van der Waals surface area contributed by atoms with Gasteiger partial charge in [-0.05, 0) is 25.2 Å². The summed E-state index contributed by atoms with van der Waals surface area (Å²) in [6.45, 7) is 0.592. The fourth-order valence-corrected chi connectivity index (χ4v) is 2.44. The Morgan fingerprint density at radius 1 is 1.48 bits per heavy atom. The molecule has 1 aliphatic carbocycles. The second-order valence-corrected chi connectivity index (χ2v) is 7.55. The highest BCUT2D eigenvalue weighted by Gasteiger charge is 2.29. The van der Waals surface area contributed by atoms with Crippen molar-refractivity contribution in [1.82, 2.24) is 10.2 Å². The van der Waals surface area contributed by atoms with E-state index < -0.39 is 27.9 Å². The van der Waals surface area contributed by atoms with E-state index in [4.69, 9.17) is 11.5 Å². The Labute approximate surface area is 124 Å². The molecule has 0 aliphatic heterocycles. The van der Waals surface area contributed by atoms with E-state index in [1.165, 1.54) is 4.90 Å². The van der Waals surface area contributed by atoms with Crippen LogP contribution in [-0.4, -0.2) is 61.6 Å². The molecule has 7 nitrogen and oxygen atoms in total. The first-order valence-corrected chi connectivity index (χ1v) is 8.68. The number of nitrogens with zero attached hydrogens (tertiary/aromatic N) is 1. The van der Waals surface area contributed by atoms with Crippen molar-refractivity contribution in [3.05, 3.63) is 0 Å². The predicted octanol–water partition coefficient (Wildman–Crippen LogP) is -0.0709. The first kappa shape index (κ1) is 17.3. The van der Waals surface area contributed by atoms with Crippen LogP contribution in [-0.2, 0) is 14.6 Å². The lowest BCUT2D eigenvalue weighted by Gasteiger charge is -2.23. The third kappa shape index (κ3) is 6.99. The number of amides is 2. The minimum Gasteiger partial charge on any atom is -0.480 e. The Balaban J connectivity index is 2.60. The average molecular weight is 316 g/mol. The lowest BCUT2D eigenvalue weighted by atomic mass is 10.2. The Hall–Kier alpha value is -1.75. The number of carboxylic acid groups (broad SMARTS) is 1. The highest BCUT2D eigenvalue weighted by Crippen LogP contribution is 2.29. The highest BCUT2D eigenvalue weighted by atomic mass is 32.2. The fourth-order valence-electron chi connectivity index (χ4n) is 1.77. The maximum absolute atomic E-state index is 12.0. The van der Waals surface area contributed by atoms with Crippen molar-refractivity contribution in [2.45, 2.75) is 25.3 Å². The van der Waals surface area contributed by atoms with Gasteiger partial charge in [0.1, 0.15) is 15.9 Å². The van der Waals surface area contributed by atoms with E-state index in [0.717, 1.165) is 19.1 Å². The lowest BCUT2D eigenvalue weighted by Crippen LogP contribution is -2.49. The molecule has 0 radical (unpaired) electrons. The summed E-state index contributed by atoms with van der Waals surface area (Å²) < 4.78 is 22.2. The number of carbonyl (C=O) groups excluding carboxylic acids is 1. The molecule has 0 aromatic carbocycles. The summed E-state index contributed by atoms with van der Waals surface area (Å²) in [5.74, 6) is 1.21. The van der Waals surface area contributed by atoms with Crippen LogP contribution in [0.15, 0.2) is 0 Å². The van der Waals surface area contributed by atoms with Crippen LogP contribution in [0, 0.1) is 18.3 Å². The van der Waals surface area contributed by atoms with Crippen LogP contribution >= 0.6 is 0 Å². The first-order chi connectivity index (χ1) is 9.73. The standard InChI is InChI=1S/C13H20N2O5S/c1-3-7-15(9-10-4-5-10)13(18)14-11(12(16)17)6-8-21(2,19)20/h1,10-11H,4-9H2,2H3,(H,14,18)(H,16,17). The van der Waals surface area contributed by atoms with Gasteiger partial charge in [0.2, 0.25) is 0 Å². The maximum atomic E-state index is 12.0. The van der Waals surface area contributed by atoms with E-state index >= 15 is 0 Å². The second kappa shape index (κ2) is 7.31. The number of aliphatic carboxylic acids is 1. The quantitative estimate of drug-likeness (QED) is 0.610. The first-order valence-electron chi connectivity index (χ1n) is 6.62. The molecule has 0 aromatic heterocycles. The van der Waals surface area contributed by atoms with Crippen LogP contribution in [0.5, 0.6) is 0 Å². The van der Waals surface area contributed by atoms with E-state index in [1.807, 2.05) is 0 Å². The monoisotopic (exact) mass is 316 g/mol. The van der Waals surface area contributed by atoms with E-state index in [-0.39, 0.29) is 18.7 Å². The molecule has 0 saturated heterocycles. The number of urea groups is 1. The SMILES string of the molecule is C#CCN(CC1CC1)C(=O)NC(CCS(C)(=O)=O)C(=O)O. The molecule has 1 atom stereocenters. The number of carboxylic acids is 1. The summed E-state index contributed by atoms with van der Waals surface area (Å²) >= 11 is 0. The van der Waals surface area contributed by atoms with Gasteiger partial charge in [0.15, 0.2) is 0 Å².